The Hall–Kier alpha value is -1.99. The fraction of sp³-hybridized carbons (Fsp3) is 0.389. The zero-order valence-electron chi connectivity index (χ0n) is 13.8. The van der Waals surface area contributed by atoms with E-state index in [2.05, 4.69) is 22.5 Å². The molecule has 1 aliphatic heterocycles. The van der Waals surface area contributed by atoms with Gasteiger partial charge in [0.15, 0.2) is 4.96 Å². The van der Waals surface area contributed by atoms with Crippen LogP contribution in [0.1, 0.15) is 41.0 Å². The summed E-state index contributed by atoms with van der Waals surface area (Å²) in [6.07, 6.45) is 6.99. The highest BCUT2D eigenvalue weighted by molar-refractivity contribution is 7.15. The maximum absolute atomic E-state index is 13.2. The minimum absolute atomic E-state index is 0.0521. The molecule has 4 heterocycles. The SMILES string of the molecule is O=C(c1cc(=O)nc2sccn12)N1CCCC[C@@H]1CCc1cccs1. The van der Waals surface area contributed by atoms with Gasteiger partial charge in [-0.2, -0.15) is 4.98 Å². The monoisotopic (exact) mass is 373 g/mol. The number of thiophene rings is 1. The summed E-state index contributed by atoms with van der Waals surface area (Å²) in [6, 6.07) is 5.82. The zero-order chi connectivity index (χ0) is 17.2. The van der Waals surface area contributed by atoms with Gasteiger partial charge >= 0.3 is 0 Å². The molecule has 1 atom stereocenters. The standard InChI is InChI=1S/C18H19N3O2S2/c22-16-12-15(21-9-11-25-18(21)19-16)17(23)20-8-2-1-4-13(20)6-7-14-5-3-10-24-14/h3,5,9-13H,1-2,4,6-8H2/t13-/m1/s1. The van der Waals surface area contributed by atoms with Crippen molar-refractivity contribution in [3.05, 3.63) is 56.1 Å². The van der Waals surface area contributed by atoms with Gasteiger partial charge in [-0.25, -0.2) is 0 Å². The van der Waals surface area contributed by atoms with Crippen molar-refractivity contribution >= 4 is 33.5 Å². The molecule has 0 N–H and O–H groups in total. The highest BCUT2D eigenvalue weighted by atomic mass is 32.1. The molecule has 1 aliphatic rings. The largest absolute Gasteiger partial charge is 0.334 e. The first-order chi connectivity index (χ1) is 12.2. The van der Waals surface area contributed by atoms with Crippen LogP contribution in [0, 0.1) is 0 Å². The second-order valence-electron chi connectivity index (χ2n) is 6.30. The van der Waals surface area contributed by atoms with Crippen LogP contribution in [0.3, 0.4) is 0 Å². The average molecular weight is 374 g/mol. The molecule has 0 aliphatic carbocycles. The number of piperidine rings is 1. The van der Waals surface area contributed by atoms with Crippen molar-refractivity contribution < 1.29 is 4.79 Å². The van der Waals surface area contributed by atoms with Crippen LogP contribution >= 0.6 is 22.7 Å². The minimum Gasteiger partial charge on any atom is -0.334 e. The highest BCUT2D eigenvalue weighted by Gasteiger charge is 2.29. The Morgan fingerprint density at radius 1 is 1.28 bits per heavy atom. The first kappa shape index (κ1) is 16.5. The van der Waals surface area contributed by atoms with Crippen LogP contribution in [0.25, 0.3) is 4.96 Å². The molecule has 0 aromatic carbocycles. The third-order valence-electron chi connectivity index (χ3n) is 4.73. The van der Waals surface area contributed by atoms with E-state index in [1.807, 2.05) is 16.5 Å². The number of carbonyl (C=O) groups excluding carboxylic acids is 1. The Balaban J connectivity index is 1.59. The highest BCUT2D eigenvalue weighted by Crippen LogP contribution is 2.24. The number of rotatable bonds is 4. The molecule has 1 amide bonds. The number of likely N-dealkylation sites (tertiary alicyclic amines) is 1. The molecule has 0 bridgehead atoms. The molecule has 25 heavy (non-hydrogen) atoms. The smallest absolute Gasteiger partial charge is 0.274 e. The summed E-state index contributed by atoms with van der Waals surface area (Å²) in [6.45, 7) is 0.761. The summed E-state index contributed by atoms with van der Waals surface area (Å²) >= 11 is 3.14. The Morgan fingerprint density at radius 3 is 3.04 bits per heavy atom. The third-order valence-corrected chi connectivity index (χ3v) is 6.42. The van der Waals surface area contributed by atoms with Crippen LogP contribution in [0.15, 0.2) is 40.0 Å². The van der Waals surface area contributed by atoms with Crippen molar-refractivity contribution in [3.8, 4) is 0 Å². The lowest BCUT2D eigenvalue weighted by Gasteiger charge is -2.36. The number of carbonyl (C=O) groups is 1. The lowest BCUT2D eigenvalue weighted by Crippen LogP contribution is -2.44. The number of hydrogen-bond donors (Lipinski definition) is 0. The molecule has 0 unspecified atom stereocenters. The molecule has 0 radical (unpaired) electrons. The zero-order valence-corrected chi connectivity index (χ0v) is 15.4. The minimum atomic E-state index is -0.349. The summed E-state index contributed by atoms with van der Waals surface area (Å²) in [5.74, 6) is -0.0521. The van der Waals surface area contributed by atoms with Crippen LogP contribution in [0.5, 0.6) is 0 Å². The van der Waals surface area contributed by atoms with Gasteiger partial charge in [0.2, 0.25) is 0 Å². The molecule has 4 rings (SSSR count). The van der Waals surface area contributed by atoms with Gasteiger partial charge in [-0.15, -0.1) is 22.7 Å². The molecule has 0 saturated carbocycles. The van der Waals surface area contributed by atoms with Gasteiger partial charge in [0.1, 0.15) is 5.69 Å². The van der Waals surface area contributed by atoms with Gasteiger partial charge in [0.05, 0.1) is 0 Å². The summed E-state index contributed by atoms with van der Waals surface area (Å²) in [7, 11) is 0. The van der Waals surface area contributed by atoms with Gasteiger partial charge in [0.25, 0.3) is 11.5 Å². The second-order valence-corrected chi connectivity index (χ2v) is 8.21. The van der Waals surface area contributed by atoms with Crippen molar-refractivity contribution in [1.82, 2.24) is 14.3 Å². The van der Waals surface area contributed by atoms with E-state index in [9.17, 15) is 9.59 Å². The number of hydrogen-bond acceptors (Lipinski definition) is 5. The molecular weight excluding hydrogens is 354 g/mol. The van der Waals surface area contributed by atoms with Crippen molar-refractivity contribution in [2.24, 2.45) is 0 Å². The molecular formula is C18H19N3O2S2. The lowest BCUT2D eigenvalue weighted by atomic mass is 9.97. The normalized spacial score (nSPS) is 17.9. The molecule has 1 saturated heterocycles. The number of aromatic nitrogens is 2. The van der Waals surface area contributed by atoms with Crippen molar-refractivity contribution in [2.45, 2.75) is 38.1 Å². The van der Waals surface area contributed by atoms with E-state index in [4.69, 9.17) is 0 Å². The number of aryl methyl sites for hydroxylation is 1. The van der Waals surface area contributed by atoms with E-state index >= 15 is 0 Å². The van der Waals surface area contributed by atoms with E-state index in [0.29, 0.717) is 10.7 Å². The first-order valence-corrected chi connectivity index (χ1v) is 10.3. The van der Waals surface area contributed by atoms with E-state index < -0.39 is 0 Å². The fourth-order valence-corrected chi connectivity index (χ4v) is 4.94. The van der Waals surface area contributed by atoms with E-state index in [0.717, 1.165) is 38.6 Å². The predicted octanol–water partition coefficient (Wildman–Crippen LogP) is 3.45. The second kappa shape index (κ2) is 7.09. The molecule has 5 nitrogen and oxygen atoms in total. The Kier molecular flexibility index (Phi) is 4.67. The van der Waals surface area contributed by atoms with Crippen LogP contribution in [-0.4, -0.2) is 32.8 Å². The van der Waals surface area contributed by atoms with E-state index in [1.165, 1.54) is 22.3 Å². The Bertz CT molecular complexity index is 929. The van der Waals surface area contributed by atoms with Crippen molar-refractivity contribution in [3.63, 3.8) is 0 Å². The van der Waals surface area contributed by atoms with E-state index in [-0.39, 0.29) is 17.5 Å². The topological polar surface area (TPSA) is 54.7 Å². The summed E-state index contributed by atoms with van der Waals surface area (Å²) in [5.41, 5.74) is 0.0808. The third kappa shape index (κ3) is 3.39. The van der Waals surface area contributed by atoms with Crippen LogP contribution < -0.4 is 5.56 Å². The molecule has 3 aromatic rings. The average Bonchev–Trinajstić information content (AvgIpc) is 3.30. The number of amides is 1. The molecule has 1 fully saturated rings. The maximum Gasteiger partial charge on any atom is 0.274 e. The van der Waals surface area contributed by atoms with Gasteiger partial charge in [-0.05, 0) is 43.6 Å². The summed E-state index contributed by atoms with van der Waals surface area (Å²) in [5, 5.41) is 3.94. The molecule has 3 aromatic heterocycles. The Labute approximate surface area is 153 Å². The Morgan fingerprint density at radius 2 is 2.20 bits per heavy atom. The van der Waals surface area contributed by atoms with Gasteiger partial charge in [-0.3, -0.25) is 14.0 Å². The molecule has 7 heteroatoms. The number of thiazole rings is 1. The lowest BCUT2D eigenvalue weighted by molar-refractivity contribution is 0.0594. The fourth-order valence-electron chi connectivity index (χ4n) is 3.49. The number of nitrogens with zero attached hydrogens (tertiary/aromatic N) is 3. The maximum atomic E-state index is 13.2. The van der Waals surface area contributed by atoms with Crippen LogP contribution in [-0.2, 0) is 6.42 Å². The summed E-state index contributed by atoms with van der Waals surface area (Å²) in [4.78, 5) is 32.9. The summed E-state index contributed by atoms with van der Waals surface area (Å²) < 4.78 is 1.74. The quantitative estimate of drug-likeness (QED) is 0.704. The molecule has 130 valence electrons. The van der Waals surface area contributed by atoms with E-state index in [1.54, 1.807) is 15.7 Å². The number of fused-ring (bicyclic) bond motifs is 1. The van der Waals surface area contributed by atoms with Gasteiger partial charge < -0.3 is 4.90 Å². The van der Waals surface area contributed by atoms with Crippen molar-refractivity contribution in [2.75, 3.05) is 6.54 Å². The van der Waals surface area contributed by atoms with Crippen LogP contribution in [0.4, 0.5) is 0 Å². The first-order valence-electron chi connectivity index (χ1n) is 8.52. The van der Waals surface area contributed by atoms with Crippen LogP contribution in [0.2, 0.25) is 0 Å². The van der Waals surface area contributed by atoms with Crippen molar-refractivity contribution in [1.29, 1.82) is 0 Å². The van der Waals surface area contributed by atoms with Gasteiger partial charge in [-0.1, -0.05) is 6.07 Å². The predicted molar refractivity (Wildman–Crippen MR) is 101 cm³/mol. The van der Waals surface area contributed by atoms with Gasteiger partial charge in [0, 0.05) is 35.1 Å². The molecule has 0 spiro atoms.